The summed E-state index contributed by atoms with van der Waals surface area (Å²) in [5.74, 6) is 0.0720. The number of nitrogens with zero attached hydrogens (tertiary/aromatic N) is 4. The number of amides is 1. The van der Waals surface area contributed by atoms with Gasteiger partial charge >= 0.3 is 0 Å². The molecule has 10 heteroatoms. The predicted octanol–water partition coefficient (Wildman–Crippen LogP) is 1.79. The van der Waals surface area contributed by atoms with E-state index in [2.05, 4.69) is 10.4 Å². The van der Waals surface area contributed by atoms with Gasteiger partial charge in [-0.15, -0.1) is 0 Å². The Morgan fingerprint density at radius 1 is 1.12 bits per heavy atom. The van der Waals surface area contributed by atoms with E-state index in [9.17, 15) is 15.0 Å². The number of carbonyl (C=O) groups is 1. The molecule has 0 unspecified atom stereocenters. The van der Waals surface area contributed by atoms with Crippen molar-refractivity contribution < 1.29 is 19.7 Å². The molecule has 1 fully saturated rings. The third kappa shape index (κ3) is 3.84. The Balaban J connectivity index is 1.48. The fourth-order valence-corrected chi connectivity index (χ4v) is 4.06. The average molecular weight is 448 g/mol. The number of ether oxygens (including phenoxy) is 1. The predicted molar refractivity (Wildman–Crippen MR) is 122 cm³/mol. The number of rotatable bonds is 5. The second-order valence-corrected chi connectivity index (χ2v) is 8.10. The molecule has 10 nitrogen and oxygen atoms in total. The highest BCUT2D eigenvalue weighted by Crippen LogP contribution is 2.39. The van der Waals surface area contributed by atoms with E-state index >= 15 is 0 Å². The van der Waals surface area contributed by atoms with Crippen molar-refractivity contribution >= 4 is 23.8 Å². The van der Waals surface area contributed by atoms with Crippen LogP contribution in [0.15, 0.2) is 59.6 Å². The van der Waals surface area contributed by atoms with Crippen LogP contribution >= 0.6 is 0 Å². The van der Waals surface area contributed by atoms with E-state index in [1.165, 1.54) is 0 Å². The number of aromatic nitrogens is 2. The first-order chi connectivity index (χ1) is 15.9. The zero-order valence-electron chi connectivity index (χ0n) is 17.9. The first kappa shape index (κ1) is 21.1. The maximum atomic E-state index is 11.3. The molecule has 1 amide bonds. The number of hydrazine groups is 1. The number of nitrogens with one attached hydrogen (secondary N) is 1. The van der Waals surface area contributed by atoms with Crippen LogP contribution in [0.5, 0.6) is 0 Å². The molecule has 5 rings (SSSR count). The lowest BCUT2D eigenvalue weighted by Crippen LogP contribution is -2.32. The Morgan fingerprint density at radius 3 is 2.48 bits per heavy atom. The average Bonchev–Trinajstić information content (AvgIpc) is 3.32. The van der Waals surface area contributed by atoms with Crippen molar-refractivity contribution in [2.45, 2.75) is 38.0 Å². The van der Waals surface area contributed by atoms with Gasteiger partial charge in [0.15, 0.2) is 12.0 Å². The monoisotopic (exact) mass is 448 g/mol. The zero-order valence-corrected chi connectivity index (χ0v) is 17.9. The third-order valence-electron chi connectivity index (χ3n) is 5.84. The molecule has 2 aliphatic heterocycles. The molecule has 0 bridgehead atoms. The first-order valence-corrected chi connectivity index (χ1v) is 10.6. The van der Waals surface area contributed by atoms with Crippen LogP contribution in [0.2, 0.25) is 0 Å². The molecule has 4 atom stereocenters. The van der Waals surface area contributed by atoms with Gasteiger partial charge in [0.2, 0.25) is 5.91 Å². The summed E-state index contributed by atoms with van der Waals surface area (Å²) >= 11 is 0. The van der Waals surface area contributed by atoms with Crippen molar-refractivity contribution in [2.24, 2.45) is 10.7 Å². The molecule has 0 radical (unpaired) electrons. The molecule has 1 aromatic heterocycles. The Kier molecular flexibility index (Phi) is 5.33. The molecule has 1 saturated heterocycles. The fourth-order valence-electron chi connectivity index (χ4n) is 4.06. The van der Waals surface area contributed by atoms with Gasteiger partial charge in [0.05, 0.1) is 24.0 Å². The zero-order chi connectivity index (χ0) is 23.1. The largest absolute Gasteiger partial charge is 0.388 e. The highest BCUT2D eigenvalue weighted by atomic mass is 16.6. The van der Waals surface area contributed by atoms with Crippen molar-refractivity contribution in [2.75, 3.05) is 5.43 Å². The summed E-state index contributed by atoms with van der Waals surface area (Å²) in [4.78, 5) is 15.9. The summed E-state index contributed by atoms with van der Waals surface area (Å²) in [5, 5.41) is 27.2. The summed E-state index contributed by atoms with van der Waals surface area (Å²) < 4.78 is 7.35. The lowest BCUT2D eigenvalue weighted by atomic mass is 10.1. The molecule has 5 N–H and O–H groups in total. The van der Waals surface area contributed by atoms with E-state index in [0.717, 1.165) is 16.8 Å². The van der Waals surface area contributed by atoms with E-state index in [-0.39, 0.29) is 0 Å². The maximum Gasteiger partial charge on any atom is 0.248 e. The molecule has 3 heterocycles. The topological polar surface area (TPSA) is 138 Å². The molecule has 2 aromatic carbocycles. The first-order valence-electron chi connectivity index (χ1n) is 10.6. The summed E-state index contributed by atoms with van der Waals surface area (Å²) in [5.41, 5.74) is 12.2. The van der Waals surface area contributed by atoms with Crippen LogP contribution in [0.3, 0.4) is 0 Å². The number of benzene rings is 2. The van der Waals surface area contributed by atoms with Crippen LogP contribution in [0.4, 0.5) is 11.5 Å². The van der Waals surface area contributed by atoms with E-state index < -0.39 is 30.4 Å². The highest BCUT2D eigenvalue weighted by Gasteiger charge is 2.43. The number of hydrogen-bond acceptors (Lipinski definition) is 8. The molecule has 33 heavy (non-hydrogen) atoms. The van der Waals surface area contributed by atoms with Crippen molar-refractivity contribution in [1.29, 1.82) is 0 Å². The fraction of sp³-hybridized carbons (Fsp3) is 0.261. The Bertz CT molecular complexity index is 1190. The second kappa shape index (κ2) is 8.32. The van der Waals surface area contributed by atoms with Crippen molar-refractivity contribution in [3.8, 4) is 11.3 Å². The minimum Gasteiger partial charge on any atom is -0.388 e. The Labute approximate surface area is 189 Å². The van der Waals surface area contributed by atoms with Crippen LogP contribution in [0.1, 0.15) is 29.1 Å². The normalized spacial score (nSPS) is 24.0. The van der Waals surface area contributed by atoms with Gasteiger partial charge in [-0.1, -0.05) is 30.3 Å². The van der Waals surface area contributed by atoms with Gasteiger partial charge in [-0.3, -0.25) is 15.2 Å². The molecule has 3 aromatic rings. The van der Waals surface area contributed by atoms with Crippen LogP contribution in [-0.4, -0.2) is 55.6 Å². The van der Waals surface area contributed by atoms with Crippen LogP contribution in [0.25, 0.3) is 11.3 Å². The molecular weight excluding hydrogens is 424 g/mol. The second-order valence-electron chi connectivity index (χ2n) is 8.10. The van der Waals surface area contributed by atoms with Gasteiger partial charge in [-0.25, -0.2) is 9.67 Å². The lowest BCUT2D eigenvalue weighted by Gasteiger charge is -2.25. The summed E-state index contributed by atoms with van der Waals surface area (Å²) in [6.07, 6.45) is -1.89. The SMILES string of the molecule is C[C@H]1O[C@@H](n2nc(-c3ccccc3)c3c2N=CN(Nc2ccc(C(N)=O)cc2)C3)[C@H](O)[C@@H]1O. The van der Waals surface area contributed by atoms with Crippen molar-refractivity contribution in [3.05, 3.63) is 65.7 Å². The number of carbonyl (C=O) groups excluding carboxylic acids is 1. The quantitative estimate of drug-likeness (QED) is 0.467. The van der Waals surface area contributed by atoms with Gasteiger partial charge in [-0.2, -0.15) is 5.10 Å². The molecular formula is C23H24N6O4. The number of aliphatic imine (C=N–C) groups is 1. The number of primary amides is 1. The molecule has 0 spiro atoms. The molecule has 0 aliphatic carbocycles. The van der Waals surface area contributed by atoms with Crippen molar-refractivity contribution in [1.82, 2.24) is 14.8 Å². The minimum atomic E-state index is -1.12. The number of fused-ring (bicyclic) bond motifs is 1. The van der Waals surface area contributed by atoms with Gasteiger partial charge in [0.1, 0.15) is 18.5 Å². The molecule has 0 saturated carbocycles. The standard InChI is InChI=1S/C23H24N6O4/c1-13-19(30)20(31)23(33-13)29-22-17(18(27-29)14-5-3-2-4-6-14)11-28(12-25-22)26-16-9-7-15(8-10-16)21(24)32/h2-10,12-13,19-20,23,26,30-31H,11H2,1H3,(H2,24,32)/t13-,19-,20-,23-/m1/s1. The van der Waals surface area contributed by atoms with E-state index in [1.54, 1.807) is 47.2 Å². The summed E-state index contributed by atoms with van der Waals surface area (Å²) in [6, 6.07) is 16.5. The van der Waals surface area contributed by atoms with E-state index in [1.807, 2.05) is 30.3 Å². The van der Waals surface area contributed by atoms with Crippen molar-refractivity contribution in [3.63, 3.8) is 0 Å². The maximum absolute atomic E-state index is 11.3. The number of aliphatic hydroxyl groups is 2. The van der Waals surface area contributed by atoms with Crippen LogP contribution < -0.4 is 11.2 Å². The highest BCUT2D eigenvalue weighted by molar-refractivity contribution is 5.93. The lowest BCUT2D eigenvalue weighted by molar-refractivity contribution is -0.0384. The van der Waals surface area contributed by atoms with Crippen LogP contribution in [0, 0.1) is 0 Å². The van der Waals surface area contributed by atoms with E-state index in [4.69, 9.17) is 15.6 Å². The van der Waals surface area contributed by atoms with Gasteiger partial charge < -0.3 is 20.7 Å². The smallest absolute Gasteiger partial charge is 0.248 e. The van der Waals surface area contributed by atoms with Gasteiger partial charge in [-0.05, 0) is 31.2 Å². The third-order valence-corrected chi connectivity index (χ3v) is 5.84. The number of hydrogen-bond donors (Lipinski definition) is 4. The molecule has 2 aliphatic rings. The molecule has 170 valence electrons. The Morgan fingerprint density at radius 2 is 1.85 bits per heavy atom. The number of anilines is 1. The van der Waals surface area contributed by atoms with Gasteiger partial charge in [0.25, 0.3) is 0 Å². The van der Waals surface area contributed by atoms with Gasteiger partial charge in [0, 0.05) is 16.7 Å². The minimum absolute atomic E-state index is 0.425. The Hall–Kier alpha value is -3.73. The van der Waals surface area contributed by atoms with Crippen LogP contribution in [-0.2, 0) is 11.3 Å². The number of aliphatic hydroxyl groups excluding tert-OH is 2. The summed E-state index contributed by atoms with van der Waals surface area (Å²) in [6.45, 7) is 2.14. The van der Waals surface area contributed by atoms with E-state index in [0.29, 0.717) is 23.6 Å². The summed E-state index contributed by atoms with van der Waals surface area (Å²) in [7, 11) is 0. The number of nitrogens with two attached hydrogens (primary N) is 1.